The average molecular weight is 308 g/mol. The molecule has 0 aliphatic rings. The fraction of sp³-hybridized carbons (Fsp3) is 1.00. The molecule has 5 heteroatoms. The Morgan fingerprint density at radius 2 is 1.20 bits per heavy atom. The monoisotopic (exact) mass is 308 g/mol. The van der Waals surface area contributed by atoms with Gasteiger partial charge in [-0.15, -0.1) is 0 Å². The highest BCUT2D eigenvalue weighted by atomic mass is 32.2. The van der Waals surface area contributed by atoms with Gasteiger partial charge in [0.1, 0.15) is 0 Å². The van der Waals surface area contributed by atoms with E-state index in [0.29, 0.717) is 6.42 Å². The van der Waals surface area contributed by atoms with E-state index in [4.69, 9.17) is 4.55 Å². The molecule has 0 fully saturated rings. The van der Waals surface area contributed by atoms with Crippen LogP contribution in [0.3, 0.4) is 0 Å². The number of rotatable bonds is 14. The fourth-order valence-corrected chi connectivity index (χ4v) is 2.85. The van der Waals surface area contributed by atoms with E-state index in [2.05, 4.69) is 0 Å². The molecule has 0 spiro atoms. The molecule has 0 rings (SSSR count). The van der Waals surface area contributed by atoms with Crippen molar-refractivity contribution in [1.29, 1.82) is 0 Å². The summed E-state index contributed by atoms with van der Waals surface area (Å²) in [7, 11) is -3.76. The second-order valence-corrected chi connectivity index (χ2v) is 7.24. The SMILES string of the molecule is CCC(O)CCCCCCCCCCCCS(=O)(=O)O. The van der Waals surface area contributed by atoms with Crippen molar-refractivity contribution in [2.75, 3.05) is 5.75 Å². The molecule has 0 amide bonds. The van der Waals surface area contributed by atoms with E-state index >= 15 is 0 Å². The smallest absolute Gasteiger partial charge is 0.264 e. The van der Waals surface area contributed by atoms with Crippen LogP contribution in [0.25, 0.3) is 0 Å². The van der Waals surface area contributed by atoms with Crippen LogP contribution in [-0.2, 0) is 10.1 Å². The lowest BCUT2D eigenvalue weighted by Crippen LogP contribution is -2.03. The van der Waals surface area contributed by atoms with Gasteiger partial charge in [0.05, 0.1) is 11.9 Å². The Hall–Kier alpha value is -0.130. The maximum absolute atomic E-state index is 10.5. The molecular weight excluding hydrogens is 276 g/mol. The number of aliphatic hydroxyl groups excluding tert-OH is 1. The van der Waals surface area contributed by atoms with Crippen molar-refractivity contribution in [2.45, 2.75) is 90.1 Å². The minimum atomic E-state index is -3.76. The van der Waals surface area contributed by atoms with E-state index in [1.165, 1.54) is 32.1 Å². The Kier molecular flexibility index (Phi) is 12.5. The van der Waals surface area contributed by atoms with Crippen molar-refractivity contribution in [3.05, 3.63) is 0 Å². The molecule has 0 saturated carbocycles. The number of hydrogen-bond acceptors (Lipinski definition) is 3. The largest absolute Gasteiger partial charge is 0.393 e. The molecular formula is C15H32O4S. The molecule has 122 valence electrons. The second-order valence-electron chi connectivity index (χ2n) is 5.67. The molecule has 0 aliphatic carbocycles. The van der Waals surface area contributed by atoms with E-state index in [9.17, 15) is 13.5 Å². The first kappa shape index (κ1) is 19.9. The number of hydrogen-bond donors (Lipinski definition) is 2. The fourth-order valence-electron chi connectivity index (χ4n) is 2.28. The highest BCUT2D eigenvalue weighted by molar-refractivity contribution is 7.85. The molecule has 1 unspecified atom stereocenters. The lowest BCUT2D eigenvalue weighted by atomic mass is 10.0. The first-order valence-corrected chi connectivity index (χ1v) is 9.70. The van der Waals surface area contributed by atoms with E-state index < -0.39 is 10.1 Å². The number of aliphatic hydroxyl groups is 1. The minimum Gasteiger partial charge on any atom is -0.393 e. The highest BCUT2D eigenvalue weighted by Crippen LogP contribution is 2.12. The zero-order chi connectivity index (χ0) is 15.3. The molecule has 0 aromatic rings. The van der Waals surface area contributed by atoms with Gasteiger partial charge in [-0.05, 0) is 19.3 Å². The topological polar surface area (TPSA) is 74.6 Å². The van der Waals surface area contributed by atoms with Gasteiger partial charge in [-0.25, -0.2) is 0 Å². The normalized spacial score (nSPS) is 13.6. The third-order valence-electron chi connectivity index (χ3n) is 3.66. The summed E-state index contributed by atoms with van der Waals surface area (Å²) in [5.74, 6) is -0.101. The van der Waals surface area contributed by atoms with Crippen molar-refractivity contribution in [2.24, 2.45) is 0 Å². The van der Waals surface area contributed by atoms with Crippen LogP contribution >= 0.6 is 0 Å². The summed E-state index contributed by atoms with van der Waals surface area (Å²) in [5, 5.41) is 9.40. The number of unbranched alkanes of at least 4 members (excludes halogenated alkanes) is 9. The maximum atomic E-state index is 10.5. The summed E-state index contributed by atoms with van der Waals surface area (Å²) in [6.45, 7) is 2.01. The van der Waals surface area contributed by atoms with Gasteiger partial charge in [0.2, 0.25) is 0 Å². The van der Waals surface area contributed by atoms with Crippen molar-refractivity contribution >= 4 is 10.1 Å². The molecule has 2 N–H and O–H groups in total. The van der Waals surface area contributed by atoms with Crippen LogP contribution in [0.4, 0.5) is 0 Å². The molecule has 20 heavy (non-hydrogen) atoms. The third-order valence-corrected chi connectivity index (χ3v) is 4.47. The highest BCUT2D eigenvalue weighted by Gasteiger charge is 2.03. The molecule has 0 heterocycles. The Morgan fingerprint density at radius 3 is 1.60 bits per heavy atom. The minimum absolute atomic E-state index is 0.101. The van der Waals surface area contributed by atoms with Gasteiger partial charge in [0.15, 0.2) is 0 Å². The molecule has 1 atom stereocenters. The van der Waals surface area contributed by atoms with Crippen molar-refractivity contribution in [3.63, 3.8) is 0 Å². The zero-order valence-corrected chi connectivity index (χ0v) is 13.7. The van der Waals surface area contributed by atoms with Crippen molar-refractivity contribution in [3.8, 4) is 0 Å². The van der Waals surface area contributed by atoms with Crippen molar-refractivity contribution in [1.82, 2.24) is 0 Å². The Labute approximate surface area is 124 Å². The van der Waals surface area contributed by atoms with Crippen LogP contribution in [-0.4, -0.2) is 29.9 Å². The Balaban J connectivity index is 3.10. The van der Waals surface area contributed by atoms with Crippen LogP contribution < -0.4 is 0 Å². The summed E-state index contributed by atoms with van der Waals surface area (Å²) in [6, 6.07) is 0. The average Bonchev–Trinajstić information content (AvgIpc) is 2.38. The Bertz CT molecular complexity index is 301. The predicted octanol–water partition coefficient (Wildman–Crippen LogP) is 3.94. The standard InChI is InChI=1S/C15H32O4S/c1-2-15(16)13-11-9-7-5-3-4-6-8-10-12-14-20(17,18)19/h15-16H,2-14H2,1H3,(H,17,18,19). The van der Waals surface area contributed by atoms with Crippen LogP contribution in [0.15, 0.2) is 0 Å². The summed E-state index contributed by atoms with van der Waals surface area (Å²) in [4.78, 5) is 0. The van der Waals surface area contributed by atoms with Gasteiger partial charge in [0.25, 0.3) is 10.1 Å². The van der Waals surface area contributed by atoms with Crippen LogP contribution in [0.1, 0.15) is 84.0 Å². The molecule has 0 bridgehead atoms. The third kappa shape index (κ3) is 15.9. The Morgan fingerprint density at radius 1 is 0.800 bits per heavy atom. The summed E-state index contributed by atoms with van der Waals surface area (Å²) >= 11 is 0. The lowest BCUT2D eigenvalue weighted by Gasteiger charge is -2.06. The van der Waals surface area contributed by atoms with Crippen LogP contribution in [0, 0.1) is 0 Å². The van der Waals surface area contributed by atoms with E-state index in [-0.39, 0.29) is 11.9 Å². The summed E-state index contributed by atoms with van der Waals surface area (Å²) in [5.41, 5.74) is 0. The van der Waals surface area contributed by atoms with Gasteiger partial charge in [-0.3, -0.25) is 4.55 Å². The predicted molar refractivity (Wildman–Crippen MR) is 83.5 cm³/mol. The van der Waals surface area contributed by atoms with E-state index in [1.807, 2.05) is 6.92 Å². The summed E-state index contributed by atoms with van der Waals surface area (Å²) < 4.78 is 29.6. The quantitative estimate of drug-likeness (QED) is 0.376. The van der Waals surface area contributed by atoms with Crippen molar-refractivity contribution < 1.29 is 18.1 Å². The molecule has 0 aliphatic heterocycles. The van der Waals surface area contributed by atoms with E-state index in [1.54, 1.807) is 0 Å². The van der Waals surface area contributed by atoms with Gasteiger partial charge >= 0.3 is 0 Å². The molecule has 0 aromatic carbocycles. The molecule has 0 aromatic heterocycles. The molecule has 0 saturated heterocycles. The molecule has 4 nitrogen and oxygen atoms in total. The van der Waals surface area contributed by atoms with Gasteiger partial charge in [-0.1, -0.05) is 64.7 Å². The lowest BCUT2D eigenvalue weighted by molar-refractivity contribution is 0.156. The first-order valence-electron chi connectivity index (χ1n) is 8.09. The van der Waals surface area contributed by atoms with E-state index in [0.717, 1.165) is 38.5 Å². The second kappa shape index (κ2) is 12.6. The zero-order valence-electron chi connectivity index (χ0n) is 12.9. The molecule has 0 radical (unpaired) electrons. The first-order chi connectivity index (χ1) is 9.45. The van der Waals surface area contributed by atoms with Gasteiger partial charge < -0.3 is 5.11 Å². The van der Waals surface area contributed by atoms with Crippen LogP contribution in [0.2, 0.25) is 0 Å². The van der Waals surface area contributed by atoms with Crippen LogP contribution in [0.5, 0.6) is 0 Å². The van der Waals surface area contributed by atoms with Gasteiger partial charge in [0, 0.05) is 0 Å². The van der Waals surface area contributed by atoms with Gasteiger partial charge in [-0.2, -0.15) is 8.42 Å². The maximum Gasteiger partial charge on any atom is 0.264 e. The summed E-state index contributed by atoms with van der Waals surface area (Å²) in [6.07, 6.45) is 12.6.